The predicted molar refractivity (Wildman–Crippen MR) is 112 cm³/mol. The van der Waals surface area contributed by atoms with E-state index >= 15 is 0 Å². The number of halogens is 1. The fourth-order valence-electron chi connectivity index (χ4n) is 4.84. The molecule has 1 N–H and O–H groups in total. The maximum atomic E-state index is 14.5. The Morgan fingerprint density at radius 1 is 1.27 bits per heavy atom. The van der Waals surface area contributed by atoms with Crippen molar-refractivity contribution >= 4 is 5.91 Å². The van der Waals surface area contributed by atoms with Gasteiger partial charge in [0.15, 0.2) is 5.60 Å². The number of methoxy groups -OCH3 is 1. The van der Waals surface area contributed by atoms with Crippen molar-refractivity contribution < 1.29 is 13.9 Å². The van der Waals surface area contributed by atoms with Crippen molar-refractivity contribution in [1.82, 2.24) is 20.0 Å². The Morgan fingerprint density at radius 2 is 2.03 bits per heavy atom. The van der Waals surface area contributed by atoms with Crippen molar-refractivity contribution in [2.45, 2.75) is 50.7 Å². The van der Waals surface area contributed by atoms with Crippen LogP contribution in [-0.4, -0.2) is 59.2 Å². The molecule has 2 aliphatic rings. The van der Waals surface area contributed by atoms with Gasteiger partial charge in [-0.05, 0) is 51.8 Å². The number of aromatic nitrogens is 2. The average molecular weight is 415 g/mol. The first-order valence-electron chi connectivity index (χ1n) is 10.9. The predicted octanol–water partition coefficient (Wildman–Crippen LogP) is 3.41. The Balaban J connectivity index is 1.52. The summed E-state index contributed by atoms with van der Waals surface area (Å²) in [6.45, 7) is 6.07. The van der Waals surface area contributed by atoms with Crippen molar-refractivity contribution in [2.75, 3.05) is 33.3 Å². The van der Waals surface area contributed by atoms with Crippen molar-refractivity contribution in [3.63, 3.8) is 0 Å². The van der Waals surface area contributed by atoms with Gasteiger partial charge in [0.2, 0.25) is 0 Å². The Bertz CT molecular complexity index is 880. The summed E-state index contributed by atoms with van der Waals surface area (Å²) >= 11 is 0. The second-order valence-corrected chi connectivity index (χ2v) is 8.60. The highest BCUT2D eigenvalue weighted by Crippen LogP contribution is 2.34. The molecule has 2 atom stereocenters. The minimum Gasteiger partial charge on any atom is -0.364 e. The summed E-state index contributed by atoms with van der Waals surface area (Å²) in [4.78, 5) is 17.8. The standard InChI is InChI=1S/C23H31FN4O2/c1-23(30-2,19-9-3-4-10-20(19)24)22(29)28-13-7-8-17(16-28)21-18(14-25-26-21)15-27-11-5-6-12-27/h3-4,9-10,14,17H,5-8,11-13,15-16H2,1-2H3,(H,25,26)/t17-,23-/m1/s1. The van der Waals surface area contributed by atoms with Crippen molar-refractivity contribution in [2.24, 2.45) is 0 Å². The number of piperidine rings is 1. The number of benzene rings is 1. The number of carbonyl (C=O) groups excluding carboxylic acids is 1. The van der Waals surface area contributed by atoms with Gasteiger partial charge in [-0.1, -0.05) is 18.2 Å². The fraction of sp³-hybridized carbons (Fsp3) is 0.565. The zero-order chi connectivity index (χ0) is 21.1. The van der Waals surface area contributed by atoms with Gasteiger partial charge in [0.25, 0.3) is 5.91 Å². The van der Waals surface area contributed by atoms with Gasteiger partial charge in [-0.2, -0.15) is 5.10 Å². The van der Waals surface area contributed by atoms with E-state index in [1.165, 1.54) is 31.6 Å². The van der Waals surface area contributed by atoms with Gasteiger partial charge in [0.1, 0.15) is 5.82 Å². The Morgan fingerprint density at radius 3 is 2.77 bits per heavy atom. The summed E-state index contributed by atoms with van der Waals surface area (Å²) in [7, 11) is 1.47. The number of H-pyrrole nitrogens is 1. The van der Waals surface area contributed by atoms with E-state index in [-0.39, 0.29) is 17.4 Å². The molecule has 0 bridgehead atoms. The van der Waals surface area contributed by atoms with Gasteiger partial charge in [-0.15, -0.1) is 0 Å². The number of nitrogens with zero attached hydrogens (tertiary/aromatic N) is 3. The molecule has 2 aliphatic heterocycles. The molecule has 1 aromatic heterocycles. The number of carbonyl (C=O) groups is 1. The van der Waals surface area contributed by atoms with Gasteiger partial charge in [0.05, 0.1) is 6.20 Å². The van der Waals surface area contributed by atoms with E-state index in [1.807, 2.05) is 11.1 Å². The number of rotatable bonds is 6. The molecule has 2 aromatic rings. The Hall–Kier alpha value is -2.25. The van der Waals surface area contributed by atoms with E-state index in [0.717, 1.165) is 38.2 Å². The van der Waals surface area contributed by atoms with E-state index in [0.29, 0.717) is 13.1 Å². The third-order valence-corrected chi connectivity index (χ3v) is 6.67. The third-order valence-electron chi connectivity index (χ3n) is 6.67. The second kappa shape index (κ2) is 8.86. The normalized spacial score (nSPS) is 22.2. The number of likely N-dealkylation sites (tertiary alicyclic amines) is 2. The second-order valence-electron chi connectivity index (χ2n) is 8.60. The average Bonchev–Trinajstić information content (AvgIpc) is 3.45. The van der Waals surface area contributed by atoms with Crippen LogP contribution in [0.25, 0.3) is 0 Å². The quantitative estimate of drug-likeness (QED) is 0.787. The highest BCUT2D eigenvalue weighted by atomic mass is 19.1. The van der Waals surface area contributed by atoms with Gasteiger partial charge < -0.3 is 9.64 Å². The molecule has 6 nitrogen and oxygen atoms in total. The Labute approximate surface area is 177 Å². The summed E-state index contributed by atoms with van der Waals surface area (Å²) in [5.74, 6) is -0.421. The van der Waals surface area contributed by atoms with E-state index in [4.69, 9.17) is 4.74 Å². The van der Waals surface area contributed by atoms with Crippen LogP contribution in [0.1, 0.15) is 55.3 Å². The lowest BCUT2D eigenvalue weighted by molar-refractivity contribution is -0.156. The van der Waals surface area contributed by atoms with Gasteiger partial charge in [0, 0.05) is 49.5 Å². The molecule has 0 spiro atoms. The number of amides is 1. The molecule has 7 heteroatoms. The number of aromatic amines is 1. The van der Waals surface area contributed by atoms with Crippen molar-refractivity contribution in [3.05, 3.63) is 53.1 Å². The molecule has 2 fully saturated rings. The zero-order valence-corrected chi connectivity index (χ0v) is 17.9. The molecule has 0 radical (unpaired) electrons. The maximum absolute atomic E-state index is 14.5. The molecule has 30 heavy (non-hydrogen) atoms. The maximum Gasteiger partial charge on any atom is 0.259 e. The number of hydrogen-bond acceptors (Lipinski definition) is 4. The first kappa shape index (κ1) is 21.0. The first-order valence-corrected chi connectivity index (χ1v) is 10.9. The molecule has 0 saturated carbocycles. The lowest BCUT2D eigenvalue weighted by Gasteiger charge is -2.38. The highest BCUT2D eigenvalue weighted by Gasteiger charge is 2.42. The first-order chi connectivity index (χ1) is 14.5. The van der Waals surface area contributed by atoms with Gasteiger partial charge in [-0.3, -0.25) is 14.8 Å². The van der Waals surface area contributed by atoms with Gasteiger partial charge >= 0.3 is 0 Å². The lowest BCUT2D eigenvalue weighted by Crippen LogP contribution is -2.50. The summed E-state index contributed by atoms with van der Waals surface area (Å²) in [6, 6.07) is 6.35. The fourth-order valence-corrected chi connectivity index (χ4v) is 4.84. The molecule has 0 unspecified atom stereocenters. The molecule has 3 heterocycles. The van der Waals surface area contributed by atoms with E-state index < -0.39 is 11.4 Å². The van der Waals surface area contributed by atoms with Crippen LogP contribution in [0.15, 0.2) is 30.5 Å². The van der Waals surface area contributed by atoms with Crippen LogP contribution in [0, 0.1) is 5.82 Å². The number of hydrogen-bond donors (Lipinski definition) is 1. The van der Waals surface area contributed by atoms with E-state index in [9.17, 15) is 9.18 Å². The summed E-state index contributed by atoms with van der Waals surface area (Å²) in [5, 5.41) is 7.50. The summed E-state index contributed by atoms with van der Waals surface area (Å²) in [5.41, 5.74) is 1.28. The molecular weight excluding hydrogens is 383 g/mol. The Kier molecular flexibility index (Phi) is 6.20. The van der Waals surface area contributed by atoms with Gasteiger partial charge in [-0.25, -0.2) is 4.39 Å². The smallest absolute Gasteiger partial charge is 0.259 e. The van der Waals surface area contributed by atoms with Crippen LogP contribution in [-0.2, 0) is 21.7 Å². The van der Waals surface area contributed by atoms with Crippen LogP contribution in [0.3, 0.4) is 0 Å². The third kappa shape index (κ3) is 4.01. The van der Waals surface area contributed by atoms with Crippen LogP contribution in [0.4, 0.5) is 4.39 Å². The molecule has 0 aliphatic carbocycles. The summed E-state index contributed by atoms with van der Waals surface area (Å²) < 4.78 is 20.1. The molecule has 1 aromatic carbocycles. The molecular formula is C23H31FN4O2. The largest absolute Gasteiger partial charge is 0.364 e. The summed E-state index contributed by atoms with van der Waals surface area (Å²) in [6.07, 6.45) is 6.33. The SMILES string of the molecule is CO[C@@](C)(C(=O)N1CCC[C@@H](c2[nH]ncc2CN2CCCC2)C1)c1ccccc1F. The van der Waals surface area contributed by atoms with Crippen molar-refractivity contribution in [1.29, 1.82) is 0 Å². The molecule has 4 rings (SSSR count). The lowest BCUT2D eigenvalue weighted by atomic mass is 9.89. The van der Waals surface area contributed by atoms with Crippen LogP contribution >= 0.6 is 0 Å². The van der Waals surface area contributed by atoms with Crippen LogP contribution < -0.4 is 0 Å². The minimum atomic E-state index is -1.35. The number of nitrogens with one attached hydrogen (secondary N) is 1. The molecule has 1 amide bonds. The van der Waals surface area contributed by atoms with Crippen LogP contribution in [0.5, 0.6) is 0 Å². The topological polar surface area (TPSA) is 61.5 Å². The van der Waals surface area contributed by atoms with E-state index in [2.05, 4.69) is 15.1 Å². The number of ether oxygens (including phenoxy) is 1. The van der Waals surface area contributed by atoms with E-state index in [1.54, 1.807) is 25.1 Å². The molecule has 2 saturated heterocycles. The van der Waals surface area contributed by atoms with Crippen molar-refractivity contribution in [3.8, 4) is 0 Å². The monoisotopic (exact) mass is 414 g/mol. The zero-order valence-electron chi connectivity index (χ0n) is 17.9. The highest BCUT2D eigenvalue weighted by molar-refractivity contribution is 5.86. The van der Waals surface area contributed by atoms with Crippen LogP contribution in [0.2, 0.25) is 0 Å². The minimum absolute atomic E-state index is 0.194. The molecule has 162 valence electrons.